The molecule has 0 spiro atoms. The maximum absolute atomic E-state index is 15.5. The van der Waals surface area contributed by atoms with Crippen molar-refractivity contribution < 1.29 is 41.0 Å². The van der Waals surface area contributed by atoms with Crippen molar-refractivity contribution in [1.82, 2.24) is 34.6 Å². The second-order valence-electron chi connectivity index (χ2n) is 10.3. The Hall–Kier alpha value is -5.71. The molecule has 0 aliphatic carbocycles. The normalized spacial score (nSPS) is 12.5. The number of benzene rings is 2. The van der Waals surface area contributed by atoms with Crippen molar-refractivity contribution in [2.75, 3.05) is 0 Å². The van der Waals surface area contributed by atoms with Gasteiger partial charge in [0.2, 0.25) is 5.69 Å². The van der Waals surface area contributed by atoms with Gasteiger partial charge in [-0.3, -0.25) is 4.68 Å². The van der Waals surface area contributed by atoms with Crippen LogP contribution in [0.15, 0.2) is 85.6 Å². The van der Waals surface area contributed by atoms with Crippen LogP contribution in [0.5, 0.6) is 0 Å². The van der Waals surface area contributed by atoms with Gasteiger partial charge in [0.25, 0.3) is 0 Å². The summed E-state index contributed by atoms with van der Waals surface area (Å²) in [4.78, 5) is 11.2. The van der Waals surface area contributed by atoms with E-state index in [1.165, 1.54) is 47.3 Å². The molecule has 0 aliphatic rings. The molecule has 2 aromatic carbocycles. The first-order valence-corrected chi connectivity index (χ1v) is 14.1. The van der Waals surface area contributed by atoms with E-state index in [1.807, 2.05) is 0 Å². The van der Waals surface area contributed by atoms with Crippen LogP contribution in [-0.2, 0) is 12.6 Å². The van der Waals surface area contributed by atoms with E-state index in [-0.39, 0.29) is 45.2 Å². The Morgan fingerprint density at radius 3 is 2.33 bits per heavy atom. The molecule has 0 bridgehead atoms. The fraction of sp³-hybridized carbons (Fsp3) is 0.133. The highest BCUT2D eigenvalue weighted by Crippen LogP contribution is 2.35. The lowest BCUT2D eigenvalue weighted by Gasteiger charge is -2.18. The largest absolute Gasteiger partial charge is 0.618 e. The van der Waals surface area contributed by atoms with Gasteiger partial charge in [0.1, 0.15) is 6.04 Å². The number of hydrogen-bond donors (Lipinski definition) is 1. The van der Waals surface area contributed by atoms with Crippen molar-refractivity contribution in [3.63, 3.8) is 0 Å². The van der Waals surface area contributed by atoms with Gasteiger partial charge in [-0.2, -0.15) is 36.9 Å². The van der Waals surface area contributed by atoms with Crippen molar-refractivity contribution in [2.45, 2.75) is 25.2 Å². The second kappa shape index (κ2) is 12.5. The summed E-state index contributed by atoms with van der Waals surface area (Å²) in [6.45, 7) is -2.91. The molecule has 0 radical (unpaired) electrons. The van der Waals surface area contributed by atoms with Gasteiger partial charge >= 0.3 is 18.7 Å². The van der Waals surface area contributed by atoms with Gasteiger partial charge in [0, 0.05) is 30.4 Å². The van der Waals surface area contributed by atoms with E-state index in [9.17, 15) is 37.1 Å². The Kier molecular flexibility index (Phi) is 8.38. The summed E-state index contributed by atoms with van der Waals surface area (Å²) < 4.78 is 84.6. The number of aromatic carboxylic acids is 1. The maximum Gasteiger partial charge on any atom is 0.436 e. The Balaban J connectivity index is 1.42. The van der Waals surface area contributed by atoms with Gasteiger partial charge in [0.15, 0.2) is 17.7 Å². The second-order valence-corrected chi connectivity index (χ2v) is 10.8. The smallest absolute Gasteiger partial charge is 0.436 e. The fourth-order valence-corrected chi connectivity index (χ4v) is 5.16. The summed E-state index contributed by atoms with van der Waals surface area (Å²) in [7, 11) is 0. The molecule has 1 atom stereocenters. The number of nitrogens with zero attached hydrogens (tertiary/aromatic N) is 8. The summed E-state index contributed by atoms with van der Waals surface area (Å²) in [6.07, 6.45) is 0.719. The van der Waals surface area contributed by atoms with Crippen molar-refractivity contribution in [2.24, 2.45) is 0 Å². The van der Waals surface area contributed by atoms with Crippen LogP contribution >= 0.6 is 11.6 Å². The van der Waals surface area contributed by atoms with Crippen molar-refractivity contribution in [3.8, 4) is 27.9 Å². The molecule has 6 rings (SSSR count). The molecule has 246 valence electrons. The van der Waals surface area contributed by atoms with E-state index in [2.05, 4.69) is 20.5 Å². The predicted octanol–water partition coefficient (Wildman–Crippen LogP) is 6.36. The lowest BCUT2D eigenvalue weighted by atomic mass is 10.0. The predicted molar refractivity (Wildman–Crippen MR) is 156 cm³/mol. The lowest BCUT2D eigenvalue weighted by Crippen LogP contribution is -2.36. The van der Waals surface area contributed by atoms with Crippen LogP contribution in [0.4, 0.5) is 26.3 Å². The van der Waals surface area contributed by atoms with Crippen molar-refractivity contribution in [1.29, 1.82) is 0 Å². The highest BCUT2D eigenvalue weighted by Gasteiger charge is 2.35. The molecule has 11 nitrogen and oxygen atoms in total. The molecule has 0 aliphatic heterocycles. The summed E-state index contributed by atoms with van der Waals surface area (Å²) in [6, 6.07) is 11.3. The molecule has 0 fully saturated rings. The van der Waals surface area contributed by atoms with E-state index in [1.54, 1.807) is 18.3 Å². The van der Waals surface area contributed by atoms with Gasteiger partial charge in [-0.1, -0.05) is 28.9 Å². The van der Waals surface area contributed by atoms with Gasteiger partial charge in [-0.05, 0) is 42.0 Å². The number of rotatable bonds is 9. The minimum Gasteiger partial charge on any atom is -0.618 e. The first-order chi connectivity index (χ1) is 22.8. The molecule has 48 heavy (non-hydrogen) atoms. The topological polar surface area (TPSA) is 131 Å². The highest BCUT2D eigenvalue weighted by atomic mass is 35.5. The van der Waals surface area contributed by atoms with Crippen LogP contribution in [0, 0.1) is 11.0 Å². The molecule has 1 N–H and O–H groups in total. The van der Waals surface area contributed by atoms with E-state index in [0.717, 1.165) is 18.5 Å². The van der Waals surface area contributed by atoms with Crippen LogP contribution in [0.25, 0.3) is 27.9 Å². The van der Waals surface area contributed by atoms with Crippen LogP contribution < -0.4 is 4.73 Å². The van der Waals surface area contributed by atoms with E-state index >= 15 is 4.39 Å². The molecular formula is C30H19ClF6N8O3. The SMILES string of the molecule is O=C(O)c1ccc(-c2cnn(C(Cc3ccn(C(F)F)n3)c3ccc(-c4c(-n5cc(C(F)(F)F)nn5)ccc(Cl)c4F)c[n+]3[O-])c2)cc1. The summed E-state index contributed by atoms with van der Waals surface area (Å²) in [5.74, 6) is -2.15. The first kappa shape index (κ1) is 32.2. The minimum absolute atomic E-state index is 0.0188. The third-order valence-electron chi connectivity index (χ3n) is 7.33. The molecule has 6 aromatic rings. The number of carboxylic acid groups (broad SMARTS) is 1. The molecule has 1 unspecified atom stereocenters. The number of pyridine rings is 1. The van der Waals surface area contributed by atoms with Gasteiger partial charge in [-0.15, -0.1) is 5.10 Å². The molecule has 0 saturated carbocycles. The van der Waals surface area contributed by atoms with E-state index in [0.29, 0.717) is 31.4 Å². The molecule has 4 heterocycles. The molecule has 0 saturated heterocycles. The summed E-state index contributed by atoms with van der Waals surface area (Å²) in [5, 5.41) is 37.3. The van der Waals surface area contributed by atoms with E-state index in [4.69, 9.17) is 11.6 Å². The third kappa shape index (κ3) is 6.31. The molecule has 0 amide bonds. The number of hydrogen-bond acceptors (Lipinski definition) is 6. The number of carboxylic acids is 1. The van der Waals surface area contributed by atoms with Crippen LogP contribution in [0.1, 0.15) is 40.0 Å². The zero-order valence-electron chi connectivity index (χ0n) is 23.9. The average Bonchev–Trinajstić information content (AvgIpc) is 3.83. The Morgan fingerprint density at radius 2 is 1.71 bits per heavy atom. The van der Waals surface area contributed by atoms with Crippen LogP contribution in [0.3, 0.4) is 0 Å². The monoisotopic (exact) mass is 688 g/mol. The molecular weight excluding hydrogens is 670 g/mol. The van der Waals surface area contributed by atoms with Gasteiger partial charge < -0.3 is 10.3 Å². The number of alkyl halides is 5. The molecule has 4 aromatic heterocycles. The van der Waals surface area contributed by atoms with Crippen molar-refractivity contribution >= 4 is 17.6 Å². The van der Waals surface area contributed by atoms with Gasteiger partial charge in [0.05, 0.1) is 45.5 Å². The van der Waals surface area contributed by atoms with Crippen molar-refractivity contribution in [3.05, 3.63) is 124 Å². The van der Waals surface area contributed by atoms with E-state index < -0.39 is 36.2 Å². The van der Waals surface area contributed by atoms with Gasteiger partial charge in [-0.25, -0.2) is 18.5 Å². The third-order valence-corrected chi connectivity index (χ3v) is 7.62. The Labute approximate surface area is 270 Å². The quantitative estimate of drug-likeness (QED) is 0.106. The van der Waals surface area contributed by atoms with Crippen LogP contribution in [-0.4, -0.2) is 45.6 Å². The van der Waals surface area contributed by atoms with Crippen LogP contribution in [0.2, 0.25) is 5.02 Å². The standard InChI is InChI=1S/C30H19ClF6N8O3/c31-21-6-8-23(44-15-25(39-41-44)30(35,36)37)26(27(21)32)18-5-7-22(45(48)14-18)24(11-20-9-10-42(40-20)29(33)34)43-13-19(12-38-43)16-1-3-17(4-2-16)28(46)47/h1-10,12-15,24,29H,11H2,(H,46,47). The average molecular weight is 689 g/mol. The first-order valence-electron chi connectivity index (χ1n) is 13.7. The highest BCUT2D eigenvalue weighted by molar-refractivity contribution is 6.31. The number of carbonyl (C=O) groups is 1. The zero-order chi connectivity index (χ0) is 34.3. The minimum atomic E-state index is -4.82. The number of halogens is 7. The fourth-order valence-electron chi connectivity index (χ4n) is 5.01. The lowest BCUT2D eigenvalue weighted by molar-refractivity contribution is -0.615. The summed E-state index contributed by atoms with van der Waals surface area (Å²) >= 11 is 6.01. The summed E-state index contributed by atoms with van der Waals surface area (Å²) in [5.41, 5.74) is -0.519. The Bertz CT molecular complexity index is 2130. The number of aromatic nitrogens is 8. The zero-order valence-corrected chi connectivity index (χ0v) is 24.7. The maximum atomic E-state index is 15.5. The molecule has 18 heteroatoms. The Morgan fingerprint density at radius 1 is 0.979 bits per heavy atom.